The van der Waals surface area contributed by atoms with Crippen molar-refractivity contribution in [3.63, 3.8) is 0 Å². The van der Waals surface area contributed by atoms with Crippen LogP contribution in [0.2, 0.25) is 0 Å². The van der Waals surface area contributed by atoms with Crippen LogP contribution in [-0.2, 0) is 0 Å². The van der Waals surface area contributed by atoms with Crippen LogP contribution >= 0.6 is 15.9 Å². The highest BCUT2D eigenvalue weighted by Gasteiger charge is 2.23. The first-order valence-electron chi connectivity index (χ1n) is 7.29. The molecule has 0 aliphatic carbocycles. The fourth-order valence-corrected chi connectivity index (χ4v) is 3.10. The summed E-state index contributed by atoms with van der Waals surface area (Å²) in [5, 5.41) is 3.19. The van der Waals surface area contributed by atoms with Gasteiger partial charge in [-0.05, 0) is 42.1 Å². The lowest BCUT2D eigenvalue weighted by Gasteiger charge is -2.31. The Morgan fingerprint density at radius 2 is 2.21 bits per heavy atom. The zero-order chi connectivity index (χ0) is 13.7. The Balaban J connectivity index is 2.28. The van der Waals surface area contributed by atoms with Crippen molar-refractivity contribution in [2.24, 2.45) is 0 Å². The second-order valence-electron chi connectivity index (χ2n) is 5.00. The van der Waals surface area contributed by atoms with E-state index in [2.05, 4.69) is 50.0 Å². The summed E-state index contributed by atoms with van der Waals surface area (Å²) in [4.78, 5) is 11.4. The number of rotatable bonds is 4. The molecule has 1 aromatic rings. The predicted molar refractivity (Wildman–Crippen MR) is 83.8 cm³/mol. The average molecular weight is 327 g/mol. The molecule has 0 radical (unpaired) electrons. The van der Waals surface area contributed by atoms with E-state index in [-0.39, 0.29) is 0 Å². The molecular weight excluding hydrogens is 304 g/mol. The van der Waals surface area contributed by atoms with Gasteiger partial charge in [-0.2, -0.15) is 4.98 Å². The Morgan fingerprint density at radius 1 is 1.37 bits per heavy atom. The Labute approximate surface area is 124 Å². The maximum absolute atomic E-state index is 4.68. The predicted octanol–water partition coefficient (Wildman–Crippen LogP) is 3.83. The third-order valence-corrected chi connectivity index (χ3v) is 4.24. The molecule has 1 saturated heterocycles. The topological polar surface area (TPSA) is 41.1 Å². The molecular formula is C14H23BrN4. The van der Waals surface area contributed by atoms with Gasteiger partial charge in [-0.15, -0.1) is 0 Å². The van der Waals surface area contributed by atoms with Crippen LogP contribution in [0.4, 0.5) is 11.8 Å². The molecule has 1 unspecified atom stereocenters. The molecule has 0 aromatic carbocycles. The Morgan fingerprint density at radius 3 is 2.95 bits per heavy atom. The summed E-state index contributed by atoms with van der Waals surface area (Å²) in [6.45, 7) is 6.27. The number of nitrogens with zero attached hydrogens (tertiary/aromatic N) is 3. The number of nitrogens with one attached hydrogen (secondary N) is 1. The highest BCUT2D eigenvalue weighted by Crippen LogP contribution is 2.30. The highest BCUT2D eigenvalue weighted by atomic mass is 79.9. The number of halogens is 1. The lowest BCUT2D eigenvalue weighted by atomic mass is 10.1. The standard InChI is InChI=1S/C14H23BrN4/c1-3-11-8-6-5-7-9-19(11)13-12(15)10-17-14(18-13)16-4-2/h10-11H,3-9H2,1-2H3,(H,16,17,18). The van der Waals surface area contributed by atoms with Crippen LogP contribution < -0.4 is 10.2 Å². The van der Waals surface area contributed by atoms with Crippen molar-refractivity contribution in [2.75, 3.05) is 23.3 Å². The van der Waals surface area contributed by atoms with Crippen molar-refractivity contribution in [3.8, 4) is 0 Å². The molecule has 2 rings (SSSR count). The third kappa shape index (κ3) is 3.59. The Bertz CT molecular complexity index is 410. The van der Waals surface area contributed by atoms with E-state index in [1.54, 1.807) is 0 Å². The second kappa shape index (κ2) is 7.08. The van der Waals surface area contributed by atoms with E-state index < -0.39 is 0 Å². The first-order chi connectivity index (χ1) is 9.26. The van der Waals surface area contributed by atoms with Gasteiger partial charge in [0.2, 0.25) is 5.95 Å². The van der Waals surface area contributed by atoms with E-state index in [0.717, 1.165) is 29.3 Å². The number of anilines is 2. The van der Waals surface area contributed by atoms with E-state index >= 15 is 0 Å². The number of hydrogen-bond acceptors (Lipinski definition) is 4. The van der Waals surface area contributed by atoms with Crippen LogP contribution in [0.25, 0.3) is 0 Å². The number of hydrogen-bond donors (Lipinski definition) is 1. The molecule has 5 heteroatoms. The van der Waals surface area contributed by atoms with E-state index in [9.17, 15) is 0 Å². The van der Waals surface area contributed by atoms with Crippen molar-refractivity contribution < 1.29 is 0 Å². The molecule has 1 aromatic heterocycles. The summed E-state index contributed by atoms with van der Waals surface area (Å²) < 4.78 is 0.995. The largest absolute Gasteiger partial charge is 0.354 e. The summed E-state index contributed by atoms with van der Waals surface area (Å²) in [6.07, 6.45) is 8.21. The highest BCUT2D eigenvalue weighted by molar-refractivity contribution is 9.10. The molecule has 1 fully saturated rings. The Hall–Kier alpha value is -0.840. The molecule has 1 N–H and O–H groups in total. The van der Waals surface area contributed by atoms with Gasteiger partial charge in [0.1, 0.15) is 5.82 Å². The first-order valence-corrected chi connectivity index (χ1v) is 8.08. The zero-order valence-corrected chi connectivity index (χ0v) is 13.4. The summed E-state index contributed by atoms with van der Waals surface area (Å²) in [5.74, 6) is 1.76. The minimum absolute atomic E-state index is 0.600. The van der Waals surface area contributed by atoms with Gasteiger partial charge in [0, 0.05) is 25.3 Å². The molecule has 1 aliphatic rings. The third-order valence-electron chi connectivity index (χ3n) is 3.68. The van der Waals surface area contributed by atoms with E-state index in [0.29, 0.717) is 6.04 Å². The minimum atomic E-state index is 0.600. The van der Waals surface area contributed by atoms with Crippen LogP contribution in [0.15, 0.2) is 10.7 Å². The van der Waals surface area contributed by atoms with Crippen LogP contribution in [-0.4, -0.2) is 29.1 Å². The molecule has 19 heavy (non-hydrogen) atoms. The van der Waals surface area contributed by atoms with Crippen LogP contribution in [0.3, 0.4) is 0 Å². The zero-order valence-electron chi connectivity index (χ0n) is 11.8. The van der Waals surface area contributed by atoms with E-state index in [1.807, 2.05) is 6.20 Å². The van der Waals surface area contributed by atoms with Gasteiger partial charge >= 0.3 is 0 Å². The van der Waals surface area contributed by atoms with Gasteiger partial charge in [0.25, 0.3) is 0 Å². The SMILES string of the molecule is CCNc1ncc(Br)c(N2CCCCCC2CC)n1. The van der Waals surface area contributed by atoms with Crippen molar-refractivity contribution in [3.05, 3.63) is 10.7 Å². The van der Waals surface area contributed by atoms with Crippen LogP contribution in [0.1, 0.15) is 46.0 Å². The van der Waals surface area contributed by atoms with Gasteiger partial charge in [0.05, 0.1) is 4.47 Å². The maximum Gasteiger partial charge on any atom is 0.224 e. The van der Waals surface area contributed by atoms with Gasteiger partial charge in [-0.3, -0.25) is 0 Å². The van der Waals surface area contributed by atoms with Crippen molar-refractivity contribution in [1.82, 2.24) is 9.97 Å². The second-order valence-corrected chi connectivity index (χ2v) is 5.85. The minimum Gasteiger partial charge on any atom is -0.354 e. The summed E-state index contributed by atoms with van der Waals surface area (Å²) in [6, 6.07) is 0.600. The van der Waals surface area contributed by atoms with Crippen LogP contribution in [0, 0.1) is 0 Å². The molecule has 0 bridgehead atoms. The van der Waals surface area contributed by atoms with Gasteiger partial charge in [-0.25, -0.2) is 4.98 Å². The molecule has 1 aliphatic heterocycles. The van der Waals surface area contributed by atoms with Crippen molar-refractivity contribution in [2.45, 2.75) is 52.0 Å². The van der Waals surface area contributed by atoms with Crippen LogP contribution in [0.5, 0.6) is 0 Å². The fraction of sp³-hybridized carbons (Fsp3) is 0.714. The molecule has 106 valence electrons. The Kier molecular flexibility index (Phi) is 5.43. The molecule has 1 atom stereocenters. The molecule has 4 nitrogen and oxygen atoms in total. The molecule has 0 saturated carbocycles. The van der Waals surface area contributed by atoms with E-state index in [1.165, 1.54) is 32.1 Å². The van der Waals surface area contributed by atoms with Crippen molar-refractivity contribution >= 4 is 27.7 Å². The van der Waals surface area contributed by atoms with Gasteiger partial charge < -0.3 is 10.2 Å². The monoisotopic (exact) mass is 326 g/mol. The summed E-state index contributed by atoms with van der Waals surface area (Å²) in [7, 11) is 0. The molecule has 2 heterocycles. The maximum atomic E-state index is 4.68. The summed E-state index contributed by atoms with van der Waals surface area (Å²) in [5.41, 5.74) is 0. The average Bonchev–Trinajstić information content (AvgIpc) is 2.66. The quantitative estimate of drug-likeness (QED) is 0.912. The lowest BCUT2D eigenvalue weighted by Crippen LogP contribution is -2.35. The lowest BCUT2D eigenvalue weighted by molar-refractivity contribution is 0.551. The number of aromatic nitrogens is 2. The first kappa shape index (κ1) is 14.6. The normalized spacial score (nSPS) is 20.2. The molecule has 0 amide bonds. The summed E-state index contributed by atoms with van der Waals surface area (Å²) >= 11 is 3.60. The van der Waals surface area contributed by atoms with Crippen molar-refractivity contribution in [1.29, 1.82) is 0 Å². The smallest absolute Gasteiger partial charge is 0.224 e. The molecule has 0 spiro atoms. The van der Waals surface area contributed by atoms with Gasteiger partial charge in [-0.1, -0.05) is 19.8 Å². The fourth-order valence-electron chi connectivity index (χ4n) is 2.68. The van der Waals surface area contributed by atoms with E-state index in [4.69, 9.17) is 0 Å². The van der Waals surface area contributed by atoms with Gasteiger partial charge in [0.15, 0.2) is 0 Å².